The maximum absolute atomic E-state index is 14.6. The first-order valence-corrected chi connectivity index (χ1v) is 9.24. The first-order valence-electron chi connectivity index (χ1n) is 8.84. The Bertz CT molecular complexity index is 792. The second kappa shape index (κ2) is 8.83. The predicted octanol–water partition coefficient (Wildman–Crippen LogP) is 0.857. The van der Waals surface area contributed by atoms with Crippen molar-refractivity contribution in [2.45, 2.75) is 13.0 Å². The molecule has 0 saturated carbocycles. The highest BCUT2D eigenvalue weighted by Crippen LogP contribution is 2.28. The molecule has 0 aromatic heterocycles. The summed E-state index contributed by atoms with van der Waals surface area (Å²) in [7, 11) is 0. The molecule has 1 aromatic carbocycles. The Morgan fingerprint density at radius 2 is 2.25 bits per heavy atom. The van der Waals surface area contributed by atoms with Crippen molar-refractivity contribution in [1.29, 1.82) is 0 Å². The second-order valence-electron chi connectivity index (χ2n) is 6.19. The van der Waals surface area contributed by atoms with Gasteiger partial charge in [0.1, 0.15) is 18.3 Å². The Labute approximate surface area is 167 Å². The Morgan fingerprint density at radius 3 is 2.89 bits per heavy atom. The van der Waals surface area contributed by atoms with E-state index in [4.69, 9.17) is 17.0 Å². The fraction of sp³-hybridized carbons (Fsp3) is 0.412. The summed E-state index contributed by atoms with van der Waals surface area (Å²) < 4.78 is 19.9. The molecule has 1 fully saturated rings. The lowest BCUT2D eigenvalue weighted by molar-refractivity contribution is -0.118. The maximum Gasteiger partial charge on any atom is 0.414 e. The summed E-state index contributed by atoms with van der Waals surface area (Å²) >= 11 is 5.09. The van der Waals surface area contributed by atoms with Crippen molar-refractivity contribution in [3.8, 4) is 0 Å². The molecule has 2 aliphatic rings. The van der Waals surface area contributed by atoms with Crippen LogP contribution in [0.1, 0.15) is 6.92 Å². The van der Waals surface area contributed by atoms with Gasteiger partial charge in [-0.1, -0.05) is 0 Å². The topological polar surface area (TPSA) is 89.5 Å². The van der Waals surface area contributed by atoms with E-state index in [0.717, 1.165) is 0 Å². The maximum atomic E-state index is 14.6. The molecule has 150 valence electrons. The number of halogens is 1. The van der Waals surface area contributed by atoms with E-state index in [0.29, 0.717) is 55.6 Å². The first-order chi connectivity index (χ1) is 13.5. The Kier molecular flexibility index (Phi) is 6.24. The lowest BCUT2D eigenvalue weighted by atomic mass is 10.2. The van der Waals surface area contributed by atoms with Crippen LogP contribution in [0.3, 0.4) is 0 Å². The fourth-order valence-electron chi connectivity index (χ4n) is 2.88. The van der Waals surface area contributed by atoms with E-state index in [1.165, 1.54) is 22.3 Å². The number of nitrogens with zero attached hydrogens (tertiary/aromatic N) is 4. The monoisotopic (exact) mass is 408 g/mol. The number of nitrogens with one attached hydrogen (secondary N) is 2. The van der Waals surface area contributed by atoms with E-state index in [-0.39, 0.29) is 0 Å². The summed E-state index contributed by atoms with van der Waals surface area (Å²) in [5, 5.41) is 11.6. The van der Waals surface area contributed by atoms with E-state index in [1.54, 1.807) is 17.0 Å². The quantitative estimate of drug-likeness (QED) is 0.533. The fourth-order valence-corrected chi connectivity index (χ4v) is 3.11. The van der Waals surface area contributed by atoms with Crippen molar-refractivity contribution in [3.05, 3.63) is 24.0 Å². The molecule has 1 unspecified atom stereocenters. The minimum atomic E-state index is -0.533. The summed E-state index contributed by atoms with van der Waals surface area (Å²) in [6.45, 7) is 4.07. The van der Waals surface area contributed by atoms with Crippen molar-refractivity contribution < 1.29 is 18.7 Å². The zero-order valence-corrected chi connectivity index (χ0v) is 16.1. The van der Waals surface area contributed by atoms with E-state index in [2.05, 4.69) is 15.7 Å². The second-order valence-corrected chi connectivity index (χ2v) is 6.59. The van der Waals surface area contributed by atoms with Crippen molar-refractivity contribution in [1.82, 2.24) is 15.6 Å². The first kappa shape index (κ1) is 19.8. The van der Waals surface area contributed by atoms with Crippen LogP contribution in [0.25, 0.3) is 0 Å². The molecule has 11 heteroatoms. The third-order valence-electron chi connectivity index (χ3n) is 4.29. The van der Waals surface area contributed by atoms with Crippen LogP contribution in [0.4, 0.5) is 20.6 Å². The van der Waals surface area contributed by atoms with Crippen LogP contribution in [0, 0.1) is 5.82 Å². The van der Waals surface area contributed by atoms with Gasteiger partial charge < -0.3 is 20.3 Å². The van der Waals surface area contributed by atoms with Crippen LogP contribution in [-0.4, -0.2) is 67.8 Å². The molecule has 9 nitrogen and oxygen atoms in total. The van der Waals surface area contributed by atoms with Crippen LogP contribution in [0.15, 0.2) is 23.3 Å². The number of cyclic esters (lactones) is 1. The highest BCUT2D eigenvalue weighted by molar-refractivity contribution is 7.80. The number of carbonyl (C=O) groups excluding carboxylic acids is 2. The number of rotatable bonds is 6. The van der Waals surface area contributed by atoms with Gasteiger partial charge in [-0.3, -0.25) is 9.69 Å². The smallest absolute Gasteiger partial charge is 0.414 e. The Morgan fingerprint density at radius 1 is 1.43 bits per heavy atom. The van der Waals surface area contributed by atoms with Crippen molar-refractivity contribution in [3.63, 3.8) is 0 Å². The summed E-state index contributed by atoms with van der Waals surface area (Å²) in [4.78, 5) is 25.8. The van der Waals surface area contributed by atoms with Gasteiger partial charge in [-0.05, 0) is 37.3 Å². The predicted molar refractivity (Wildman–Crippen MR) is 107 cm³/mol. The number of hydrogen-bond acceptors (Lipinski definition) is 6. The van der Waals surface area contributed by atoms with Crippen molar-refractivity contribution in [2.24, 2.45) is 5.10 Å². The van der Waals surface area contributed by atoms with Gasteiger partial charge in [-0.15, -0.1) is 0 Å². The number of thiocarbonyl (C=S) groups is 1. The highest BCUT2D eigenvalue weighted by Gasteiger charge is 2.33. The van der Waals surface area contributed by atoms with Gasteiger partial charge in [0.25, 0.3) is 0 Å². The van der Waals surface area contributed by atoms with Crippen LogP contribution in [0.5, 0.6) is 0 Å². The molecule has 1 atom stereocenters. The number of hydrazone groups is 1. The van der Waals surface area contributed by atoms with Gasteiger partial charge in [0, 0.05) is 13.1 Å². The van der Waals surface area contributed by atoms with Gasteiger partial charge in [-0.2, -0.15) is 5.10 Å². The third-order valence-corrected chi connectivity index (χ3v) is 4.57. The van der Waals surface area contributed by atoms with Gasteiger partial charge in [0.2, 0.25) is 6.41 Å². The summed E-state index contributed by atoms with van der Waals surface area (Å²) in [5.74, 6) is -0.494. The Balaban J connectivity index is 1.64. The number of amides is 2. The number of ether oxygens (including phenoxy) is 1. The van der Waals surface area contributed by atoms with Crippen molar-refractivity contribution in [2.75, 3.05) is 42.5 Å². The summed E-state index contributed by atoms with van der Waals surface area (Å²) in [5.41, 5.74) is 0.728. The highest BCUT2D eigenvalue weighted by atomic mass is 32.1. The van der Waals surface area contributed by atoms with Gasteiger partial charge in [0.05, 0.1) is 31.0 Å². The molecule has 1 saturated heterocycles. The van der Waals surface area contributed by atoms with Crippen LogP contribution < -0.4 is 20.4 Å². The minimum absolute atomic E-state index is 0.291. The Hall–Kier alpha value is -2.95. The molecule has 2 N–H and O–H groups in total. The minimum Gasteiger partial charge on any atom is -0.442 e. The van der Waals surface area contributed by atoms with Crippen LogP contribution >= 0.6 is 12.2 Å². The molecule has 2 heterocycles. The molecule has 2 aliphatic heterocycles. The van der Waals surface area contributed by atoms with Gasteiger partial charge >= 0.3 is 6.09 Å². The average Bonchev–Trinajstić information content (AvgIpc) is 3.07. The molecule has 3 rings (SSSR count). The molecule has 0 spiro atoms. The summed E-state index contributed by atoms with van der Waals surface area (Å²) in [6.07, 6.45) is 1.09. The molecule has 0 bridgehead atoms. The van der Waals surface area contributed by atoms with E-state index in [9.17, 15) is 14.0 Å². The largest absolute Gasteiger partial charge is 0.442 e. The number of anilines is 2. The third kappa shape index (κ3) is 4.47. The zero-order valence-electron chi connectivity index (χ0n) is 15.3. The molecule has 1 aromatic rings. The van der Waals surface area contributed by atoms with E-state index >= 15 is 0 Å². The normalized spacial score (nSPS) is 18.9. The number of benzene rings is 1. The molecule has 2 amide bonds. The molecule has 0 radical (unpaired) electrons. The van der Waals surface area contributed by atoms with E-state index < -0.39 is 18.0 Å². The number of carbonyl (C=O) groups is 2. The SMILES string of the molecule is CCNC(=S)NCC1CN(c2ccc(N3C=NN(C=O)CC3)c(F)c2)C(=O)O1. The van der Waals surface area contributed by atoms with Crippen LogP contribution in [0.2, 0.25) is 0 Å². The molecular formula is C17H21FN6O3S. The van der Waals surface area contributed by atoms with Crippen LogP contribution in [-0.2, 0) is 9.53 Å². The van der Waals surface area contributed by atoms with Gasteiger partial charge in [-0.25, -0.2) is 14.2 Å². The lowest BCUT2D eigenvalue weighted by Gasteiger charge is -2.27. The van der Waals surface area contributed by atoms with E-state index in [1.807, 2.05) is 6.92 Å². The zero-order chi connectivity index (χ0) is 20.1. The van der Waals surface area contributed by atoms with Gasteiger partial charge in [0.15, 0.2) is 5.11 Å². The van der Waals surface area contributed by atoms with Crippen molar-refractivity contribution >= 4 is 47.5 Å². The number of hydrogen-bond donors (Lipinski definition) is 2. The molecule has 0 aliphatic carbocycles. The molecular weight excluding hydrogens is 387 g/mol. The average molecular weight is 408 g/mol. The molecule has 28 heavy (non-hydrogen) atoms. The lowest BCUT2D eigenvalue weighted by Crippen LogP contribution is -2.40. The summed E-state index contributed by atoms with van der Waals surface area (Å²) in [6, 6.07) is 4.51. The standard InChI is InChI=1S/C17H21FN6O3S/c1-2-19-16(28)20-8-13-9-24(17(26)27-13)12-3-4-15(14(18)7-12)22-5-6-23(11-25)21-10-22/h3-4,7,10-11,13H,2,5-6,8-9H2,1H3,(H2,19,20,28).